The third-order valence-electron chi connectivity index (χ3n) is 5.95. The molecule has 1 atom stereocenters. The van der Waals surface area contributed by atoms with Crippen LogP contribution in [0.1, 0.15) is 43.5 Å². The number of carbonyl (C=O) groups is 1. The fourth-order valence-electron chi connectivity index (χ4n) is 4.35. The van der Waals surface area contributed by atoms with Gasteiger partial charge in [-0.1, -0.05) is 24.6 Å². The number of hydrogen-bond donors (Lipinski definition) is 0. The van der Waals surface area contributed by atoms with Gasteiger partial charge in [-0.3, -0.25) is 4.79 Å². The number of halogens is 1. The number of rotatable bonds is 4. The van der Waals surface area contributed by atoms with E-state index in [1.165, 1.54) is 12.5 Å². The molecule has 5 nitrogen and oxygen atoms in total. The molecule has 4 rings (SSSR count). The second-order valence-electron chi connectivity index (χ2n) is 7.29. The van der Waals surface area contributed by atoms with Gasteiger partial charge in [-0.15, -0.1) is 10.2 Å². The number of aryl methyl sites for hydroxylation is 1. The van der Waals surface area contributed by atoms with Crippen molar-refractivity contribution in [1.29, 1.82) is 0 Å². The molecule has 1 saturated heterocycles. The zero-order valence-electron chi connectivity index (χ0n) is 14.5. The molecule has 2 aliphatic rings. The average Bonchev–Trinajstić information content (AvgIpc) is 3.20. The van der Waals surface area contributed by atoms with E-state index in [-0.39, 0.29) is 29.5 Å². The van der Waals surface area contributed by atoms with Crippen LogP contribution in [0.4, 0.5) is 4.39 Å². The summed E-state index contributed by atoms with van der Waals surface area (Å²) < 4.78 is 16.0. The highest BCUT2D eigenvalue weighted by Crippen LogP contribution is 2.55. The molecule has 2 aromatic rings. The predicted molar refractivity (Wildman–Crippen MR) is 91.4 cm³/mol. The van der Waals surface area contributed by atoms with Crippen LogP contribution in [0, 0.1) is 11.2 Å². The molecule has 0 bridgehead atoms. The van der Waals surface area contributed by atoms with E-state index < -0.39 is 0 Å². The molecule has 2 heterocycles. The summed E-state index contributed by atoms with van der Waals surface area (Å²) in [6, 6.07) is 6.52. The number of carbonyl (C=O) groups excluding carboxylic acids is 1. The van der Waals surface area contributed by atoms with Crippen LogP contribution >= 0.6 is 0 Å². The summed E-state index contributed by atoms with van der Waals surface area (Å²) in [6.07, 6.45) is 5.34. The molecular weight excluding hydrogens is 319 g/mol. The van der Waals surface area contributed by atoms with E-state index in [1.807, 2.05) is 4.90 Å². The van der Waals surface area contributed by atoms with Crippen molar-refractivity contribution in [3.63, 3.8) is 0 Å². The van der Waals surface area contributed by atoms with Gasteiger partial charge in [0.25, 0.3) is 0 Å². The lowest BCUT2D eigenvalue weighted by Gasteiger charge is -2.42. The maximum absolute atomic E-state index is 13.9. The van der Waals surface area contributed by atoms with Gasteiger partial charge in [0, 0.05) is 25.6 Å². The first kappa shape index (κ1) is 16.2. The molecule has 1 saturated carbocycles. The zero-order chi connectivity index (χ0) is 17.4. The highest BCUT2D eigenvalue weighted by molar-refractivity contribution is 5.79. The standard InChI is InChI=1S/C19H23FN4O/c1-2-23-13-21-22-18(23)15-11-24(12-19(15)8-5-9-19)17(25)10-14-6-3-4-7-16(14)20/h3-4,6-7,13,15H,2,5,8-12H2,1H3. The number of nitrogens with zero attached hydrogens (tertiary/aromatic N) is 4. The molecule has 1 spiro atoms. The van der Waals surface area contributed by atoms with Gasteiger partial charge in [0.05, 0.1) is 6.42 Å². The molecule has 1 unspecified atom stereocenters. The lowest BCUT2D eigenvalue weighted by Crippen LogP contribution is -2.38. The minimum atomic E-state index is -0.310. The predicted octanol–water partition coefficient (Wildman–Crippen LogP) is 2.78. The molecule has 1 amide bonds. The van der Waals surface area contributed by atoms with Crippen molar-refractivity contribution in [2.45, 2.75) is 45.1 Å². The Labute approximate surface area is 146 Å². The van der Waals surface area contributed by atoms with Crippen LogP contribution in [0.15, 0.2) is 30.6 Å². The minimum Gasteiger partial charge on any atom is -0.341 e. The maximum atomic E-state index is 13.9. The van der Waals surface area contributed by atoms with Gasteiger partial charge in [-0.2, -0.15) is 0 Å². The fourth-order valence-corrected chi connectivity index (χ4v) is 4.35. The van der Waals surface area contributed by atoms with Crippen molar-refractivity contribution < 1.29 is 9.18 Å². The Bertz CT molecular complexity index is 783. The Hall–Kier alpha value is -2.24. The van der Waals surface area contributed by atoms with Gasteiger partial charge in [0.2, 0.25) is 5.91 Å². The van der Waals surface area contributed by atoms with Gasteiger partial charge >= 0.3 is 0 Å². The van der Waals surface area contributed by atoms with E-state index in [1.54, 1.807) is 24.5 Å². The molecule has 0 N–H and O–H groups in total. The SMILES string of the molecule is CCn1cnnc1C1CN(C(=O)Cc2ccccc2F)CC12CCC2. The third kappa shape index (κ3) is 2.73. The van der Waals surface area contributed by atoms with Crippen LogP contribution < -0.4 is 0 Å². The number of hydrogen-bond acceptors (Lipinski definition) is 3. The zero-order valence-corrected chi connectivity index (χ0v) is 14.5. The summed E-state index contributed by atoms with van der Waals surface area (Å²) in [7, 11) is 0. The van der Waals surface area contributed by atoms with Crippen molar-refractivity contribution in [1.82, 2.24) is 19.7 Å². The molecule has 1 aliphatic carbocycles. The van der Waals surface area contributed by atoms with Crippen LogP contribution in [-0.4, -0.2) is 38.7 Å². The van der Waals surface area contributed by atoms with E-state index in [2.05, 4.69) is 21.7 Å². The van der Waals surface area contributed by atoms with E-state index >= 15 is 0 Å². The summed E-state index contributed by atoms with van der Waals surface area (Å²) in [5.74, 6) is 0.911. The smallest absolute Gasteiger partial charge is 0.227 e. The lowest BCUT2D eigenvalue weighted by atomic mass is 9.62. The number of likely N-dealkylation sites (tertiary alicyclic amines) is 1. The first-order chi connectivity index (χ1) is 12.1. The van der Waals surface area contributed by atoms with Crippen molar-refractivity contribution >= 4 is 5.91 Å². The van der Waals surface area contributed by atoms with Crippen molar-refractivity contribution in [3.8, 4) is 0 Å². The summed E-state index contributed by atoms with van der Waals surface area (Å²) in [6.45, 7) is 4.32. The monoisotopic (exact) mass is 342 g/mol. The molecule has 1 aromatic carbocycles. The van der Waals surface area contributed by atoms with Crippen LogP contribution in [-0.2, 0) is 17.8 Å². The van der Waals surface area contributed by atoms with E-state index in [0.717, 1.165) is 31.8 Å². The van der Waals surface area contributed by atoms with Crippen LogP contribution in [0.25, 0.3) is 0 Å². The Morgan fingerprint density at radius 3 is 2.84 bits per heavy atom. The summed E-state index contributed by atoms with van der Waals surface area (Å²) in [5.41, 5.74) is 0.598. The first-order valence-corrected chi connectivity index (χ1v) is 9.02. The Kier molecular flexibility index (Phi) is 4.06. The van der Waals surface area contributed by atoms with E-state index in [0.29, 0.717) is 12.1 Å². The third-order valence-corrected chi connectivity index (χ3v) is 5.95. The molecule has 0 radical (unpaired) electrons. The van der Waals surface area contributed by atoms with Gasteiger partial charge in [0.1, 0.15) is 18.0 Å². The molecule has 132 valence electrons. The van der Waals surface area contributed by atoms with E-state index in [9.17, 15) is 9.18 Å². The molecule has 2 fully saturated rings. The van der Waals surface area contributed by atoms with Gasteiger partial charge in [0.15, 0.2) is 0 Å². The van der Waals surface area contributed by atoms with Gasteiger partial charge in [-0.25, -0.2) is 4.39 Å². The van der Waals surface area contributed by atoms with Crippen LogP contribution in [0.2, 0.25) is 0 Å². The first-order valence-electron chi connectivity index (χ1n) is 9.02. The second-order valence-corrected chi connectivity index (χ2v) is 7.29. The molecule has 1 aliphatic heterocycles. The summed E-state index contributed by atoms with van der Waals surface area (Å²) >= 11 is 0. The highest BCUT2D eigenvalue weighted by Gasteiger charge is 2.53. The largest absolute Gasteiger partial charge is 0.341 e. The fraction of sp³-hybridized carbons (Fsp3) is 0.526. The van der Waals surface area contributed by atoms with Gasteiger partial charge in [-0.05, 0) is 36.8 Å². The highest BCUT2D eigenvalue weighted by atomic mass is 19.1. The Morgan fingerprint density at radius 2 is 2.16 bits per heavy atom. The summed E-state index contributed by atoms with van der Waals surface area (Å²) in [5, 5.41) is 8.42. The minimum absolute atomic E-state index is 0.00133. The van der Waals surface area contributed by atoms with E-state index in [4.69, 9.17) is 0 Å². The Morgan fingerprint density at radius 1 is 1.36 bits per heavy atom. The topological polar surface area (TPSA) is 51.0 Å². The Balaban J connectivity index is 1.55. The van der Waals surface area contributed by atoms with Crippen LogP contribution in [0.5, 0.6) is 0 Å². The number of amides is 1. The van der Waals surface area contributed by atoms with Gasteiger partial charge < -0.3 is 9.47 Å². The van der Waals surface area contributed by atoms with Crippen molar-refractivity contribution in [3.05, 3.63) is 47.8 Å². The summed E-state index contributed by atoms with van der Waals surface area (Å²) in [4.78, 5) is 14.7. The molecular formula is C19H23FN4O. The molecule has 25 heavy (non-hydrogen) atoms. The number of benzene rings is 1. The maximum Gasteiger partial charge on any atom is 0.227 e. The van der Waals surface area contributed by atoms with Crippen LogP contribution in [0.3, 0.4) is 0 Å². The quantitative estimate of drug-likeness (QED) is 0.858. The normalized spacial score (nSPS) is 21.5. The second kappa shape index (κ2) is 6.24. The van der Waals surface area contributed by atoms with Crippen molar-refractivity contribution in [2.75, 3.05) is 13.1 Å². The lowest BCUT2D eigenvalue weighted by molar-refractivity contribution is -0.130. The number of aromatic nitrogens is 3. The molecule has 1 aromatic heterocycles. The molecule has 6 heteroatoms. The van der Waals surface area contributed by atoms with Crippen molar-refractivity contribution in [2.24, 2.45) is 5.41 Å². The average molecular weight is 342 g/mol.